The fourth-order valence-corrected chi connectivity index (χ4v) is 3.16. The molecule has 2 aromatic rings. The van der Waals surface area contributed by atoms with E-state index >= 15 is 0 Å². The van der Waals surface area contributed by atoms with Crippen molar-refractivity contribution in [2.75, 3.05) is 12.0 Å². The predicted molar refractivity (Wildman–Crippen MR) is 87.8 cm³/mol. The minimum absolute atomic E-state index is 0.0762. The predicted octanol–water partition coefficient (Wildman–Crippen LogP) is 4.00. The number of alkyl halides is 1. The number of nitrogens with zero attached hydrogens (tertiary/aromatic N) is 4. The smallest absolute Gasteiger partial charge is 0.158 e. The van der Waals surface area contributed by atoms with Gasteiger partial charge < -0.3 is 4.57 Å². The van der Waals surface area contributed by atoms with E-state index in [1.54, 1.807) is 0 Å². The molecule has 2 rings (SSSR count). The first-order chi connectivity index (χ1) is 9.60. The summed E-state index contributed by atoms with van der Waals surface area (Å²) in [5, 5.41) is 4.48. The number of hydrogen-bond donors (Lipinski definition) is 0. The molecule has 0 aromatic carbocycles. The van der Waals surface area contributed by atoms with Crippen molar-refractivity contribution < 1.29 is 0 Å². The van der Waals surface area contributed by atoms with Crippen molar-refractivity contribution in [3.8, 4) is 0 Å². The molecule has 0 radical (unpaired) electrons. The zero-order chi connectivity index (χ0) is 14.7. The molecule has 6 heteroatoms. The number of hydrogen-bond acceptors (Lipinski definition) is 3. The standard InChI is InChI=1S/C14H23ClN4S/c1-5-19-14-12(11(3)17-19)16-13(10(2)15)18(14)8-6-7-9-20-4/h10H,5-9H2,1-4H3. The molecule has 20 heavy (non-hydrogen) atoms. The Morgan fingerprint density at radius 1 is 1.35 bits per heavy atom. The lowest BCUT2D eigenvalue weighted by molar-refractivity contribution is 0.583. The third-order valence-electron chi connectivity index (χ3n) is 3.46. The Labute approximate surface area is 129 Å². The highest BCUT2D eigenvalue weighted by molar-refractivity contribution is 7.98. The molecule has 0 saturated heterocycles. The lowest BCUT2D eigenvalue weighted by Gasteiger charge is -2.11. The van der Waals surface area contributed by atoms with Gasteiger partial charge in [0.1, 0.15) is 11.3 Å². The summed E-state index contributed by atoms with van der Waals surface area (Å²) in [6.07, 6.45) is 4.52. The van der Waals surface area contributed by atoms with Crippen LogP contribution >= 0.6 is 23.4 Å². The van der Waals surface area contributed by atoms with E-state index < -0.39 is 0 Å². The van der Waals surface area contributed by atoms with Gasteiger partial charge in [0, 0.05) is 13.1 Å². The number of imidazole rings is 1. The summed E-state index contributed by atoms with van der Waals surface area (Å²) in [4.78, 5) is 4.72. The number of rotatable bonds is 7. The van der Waals surface area contributed by atoms with Crippen LogP contribution in [0.1, 0.15) is 43.6 Å². The van der Waals surface area contributed by atoms with E-state index in [0.29, 0.717) is 0 Å². The molecule has 0 fully saturated rings. The minimum atomic E-state index is -0.0762. The molecular weight excluding hydrogens is 292 g/mol. The number of halogens is 1. The van der Waals surface area contributed by atoms with Crippen molar-refractivity contribution in [3.05, 3.63) is 11.5 Å². The Bertz CT molecular complexity index is 573. The normalized spacial score (nSPS) is 13.2. The number of fused-ring (bicyclic) bond motifs is 1. The topological polar surface area (TPSA) is 35.6 Å². The summed E-state index contributed by atoms with van der Waals surface area (Å²) in [6.45, 7) is 7.94. The van der Waals surface area contributed by atoms with Crippen molar-refractivity contribution in [2.45, 2.75) is 52.1 Å². The van der Waals surface area contributed by atoms with E-state index in [2.05, 4.69) is 22.8 Å². The van der Waals surface area contributed by atoms with Crippen molar-refractivity contribution in [1.29, 1.82) is 0 Å². The summed E-state index contributed by atoms with van der Waals surface area (Å²) in [6, 6.07) is 0. The van der Waals surface area contributed by atoms with Crippen LogP contribution in [0.4, 0.5) is 0 Å². The van der Waals surface area contributed by atoms with Crippen LogP contribution in [-0.2, 0) is 13.1 Å². The van der Waals surface area contributed by atoms with Gasteiger partial charge in [-0.2, -0.15) is 16.9 Å². The van der Waals surface area contributed by atoms with Gasteiger partial charge in [0.2, 0.25) is 0 Å². The number of unbranched alkanes of at least 4 members (excludes halogenated alkanes) is 1. The lowest BCUT2D eigenvalue weighted by atomic mass is 10.3. The molecule has 0 aliphatic rings. The minimum Gasteiger partial charge on any atom is -0.312 e. The van der Waals surface area contributed by atoms with E-state index in [9.17, 15) is 0 Å². The van der Waals surface area contributed by atoms with Crippen LogP contribution in [0.25, 0.3) is 11.2 Å². The van der Waals surface area contributed by atoms with Gasteiger partial charge in [0.15, 0.2) is 5.65 Å². The lowest BCUT2D eigenvalue weighted by Crippen LogP contribution is -2.09. The molecule has 2 heterocycles. The first-order valence-electron chi connectivity index (χ1n) is 7.16. The Hall–Kier alpha value is -0.680. The average Bonchev–Trinajstić information content (AvgIpc) is 2.93. The van der Waals surface area contributed by atoms with Crippen LogP contribution in [0, 0.1) is 6.92 Å². The van der Waals surface area contributed by atoms with Crippen molar-refractivity contribution in [3.63, 3.8) is 0 Å². The summed E-state index contributed by atoms with van der Waals surface area (Å²) in [7, 11) is 0. The summed E-state index contributed by atoms with van der Waals surface area (Å²) in [5.74, 6) is 2.17. The molecule has 112 valence electrons. The maximum absolute atomic E-state index is 6.31. The van der Waals surface area contributed by atoms with Crippen LogP contribution in [-0.4, -0.2) is 31.3 Å². The highest BCUT2D eigenvalue weighted by Gasteiger charge is 2.20. The molecule has 1 unspecified atom stereocenters. The second-order valence-electron chi connectivity index (χ2n) is 5.01. The maximum Gasteiger partial charge on any atom is 0.158 e. The molecule has 4 nitrogen and oxygen atoms in total. The zero-order valence-corrected chi connectivity index (χ0v) is 14.3. The second kappa shape index (κ2) is 6.85. The SMILES string of the molecule is CCn1nc(C)c2nc(C(C)Cl)n(CCCCSC)c21. The van der Waals surface area contributed by atoms with Crippen LogP contribution in [0.5, 0.6) is 0 Å². The van der Waals surface area contributed by atoms with Crippen molar-refractivity contribution in [2.24, 2.45) is 0 Å². The number of thioether (sulfide) groups is 1. The first kappa shape index (κ1) is 15.7. The van der Waals surface area contributed by atoms with E-state index in [-0.39, 0.29) is 5.38 Å². The van der Waals surface area contributed by atoms with Crippen LogP contribution in [0.15, 0.2) is 0 Å². The summed E-state index contributed by atoms with van der Waals surface area (Å²) >= 11 is 8.20. The van der Waals surface area contributed by atoms with E-state index in [4.69, 9.17) is 16.6 Å². The maximum atomic E-state index is 6.31. The van der Waals surface area contributed by atoms with Gasteiger partial charge in [0.05, 0.1) is 11.1 Å². The second-order valence-corrected chi connectivity index (χ2v) is 6.65. The third kappa shape index (κ3) is 2.98. The Kier molecular flexibility index (Phi) is 5.38. The monoisotopic (exact) mass is 314 g/mol. The van der Waals surface area contributed by atoms with Gasteiger partial charge in [-0.25, -0.2) is 9.67 Å². The highest BCUT2D eigenvalue weighted by Crippen LogP contribution is 2.27. The third-order valence-corrected chi connectivity index (χ3v) is 4.36. The molecule has 0 spiro atoms. The zero-order valence-electron chi connectivity index (χ0n) is 12.7. The molecule has 0 bridgehead atoms. The van der Waals surface area contributed by atoms with Crippen molar-refractivity contribution >= 4 is 34.5 Å². The summed E-state index contributed by atoms with van der Waals surface area (Å²) < 4.78 is 4.30. The Balaban J connectivity index is 2.39. The molecule has 0 N–H and O–H groups in total. The summed E-state index contributed by atoms with van der Waals surface area (Å²) in [5.41, 5.74) is 3.11. The molecular formula is C14H23ClN4S. The van der Waals surface area contributed by atoms with Crippen LogP contribution in [0.2, 0.25) is 0 Å². The highest BCUT2D eigenvalue weighted by atomic mass is 35.5. The molecule has 0 aliphatic carbocycles. The average molecular weight is 315 g/mol. The number of aryl methyl sites for hydroxylation is 3. The molecule has 0 aliphatic heterocycles. The van der Waals surface area contributed by atoms with E-state index in [1.165, 1.54) is 12.2 Å². The van der Waals surface area contributed by atoms with Gasteiger partial charge in [-0.15, -0.1) is 11.6 Å². The van der Waals surface area contributed by atoms with Gasteiger partial charge in [0.25, 0.3) is 0 Å². The Morgan fingerprint density at radius 3 is 2.70 bits per heavy atom. The molecule has 0 saturated carbocycles. The molecule has 2 aromatic heterocycles. The molecule has 1 atom stereocenters. The van der Waals surface area contributed by atoms with Crippen molar-refractivity contribution in [1.82, 2.24) is 19.3 Å². The van der Waals surface area contributed by atoms with Gasteiger partial charge in [-0.05, 0) is 45.6 Å². The van der Waals surface area contributed by atoms with Gasteiger partial charge in [-0.3, -0.25) is 0 Å². The first-order valence-corrected chi connectivity index (χ1v) is 8.99. The van der Waals surface area contributed by atoms with E-state index in [0.717, 1.165) is 42.2 Å². The fourth-order valence-electron chi connectivity index (χ4n) is 2.50. The quantitative estimate of drug-likeness (QED) is 0.572. The van der Waals surface area contributed by atoms with Crippen LogP contribution < -0.4 is 0 Å². The number of aromatic nitrogens is 4. The van der Waals surface area contributed by atoms with Gasteiger partial charge >= 0.3 is 0 Å². The van der Waals surface area contributed by atoms with E-state index in [1.807, 2.05) is 30.3 Å². The largest absolute Gasteiger partial charge is 0.312 e. The molecule has 0 amide bonds. The van der Waals surface area contributed by atoms with Gasteiger partial charge in [-0.1, -0.05) is 0 Å². The Morgan fingerprint density at radius 2 is 2.10 bits per heavy atom. The van der Waals surface area contributed by atoms with Crippen LogP contribution in [0.3, 0.4) is 0 Å². The fraction of sp³-hybridized carbons (Fsp3) is 0.714.